The van der Waals surface area contributed by atoms with Crippen LogP contribution in [-0.2, 0) is 0 Å². The molecular formula is C60H40N2S. The zero-order valence-electron chi connectivity index (χ0n) is 34.4. The molecule has 0 bridgehead atoms. The van der Waals surface area contributed by atoms with E-state index in [1.54, 1.807) is 0 Å². The number of benzene rings is 10. The van der Waals surface area contributed by atoms with E-state index in [0.717, 1.165) is 22.7 Å². The molecule has 0 fully saturated rings. The van der Waals surface area contributed by atoms with Gasteiger partial charge in [-0.05, 0) is 106 Å². The standard InChI is InChI=1S/C60H40N2S/c1-3-15-41(16-4-1)42-29-34-48(35-30-42)61(49-36-31-43(32-37-49)44-33-38-53-52-22-8-11-27-57(52)62(58(53)40-44)47-19-5-2-6-20-47)56-26-10-7-21-50(56)45-17-13-18-46(39-45)51-24-14-25-55-54-23-9-12-28-59(54)63-60(51)55/h1-40H. The molecule has 3 heteroatoms. The molecule has 10 aromatic carbocycles. The Morgan fingerprint density at radius 3 is 1.62 bits per heavy atom. The van der Waals surface area contributed by atoms with Crippen LogP contribution in [0, 0.1) is 0 Å². The molecule has 0 aliphatic carbocycles. The highest BCUT2D eigenvalue weighted by molar-refractivity contribution is 7.26. The Morgan fingerprint density at radius 1 is 0.317 bits per heavy atom. The molecule has 0 N–H and O–H groups in total. The second kappa shape index (κ2) is 15.5. The van der Waals surface area contributed by atoms with Crippen LogP contribution in [0.2, 0.25) is 0 Å². The molecule has 0 amide bonds. The summed E-state index contributed by atoms with van der Waals surface area (Å²) >= 11 is 1.88. The zero-order valence-corrected chi connectivity index (χ0v) is 35.2. The van der Waals surface area contributed by atoms with Gasteiger partial charge in [-0.15, -0.1) is 11.3 Å². The highest BCUT2D eigenvalue weighted by atomic mass is 32.1. The van der Waals surface area contributed by atoms with Gasteiger partial charge in [-0.2, -0.15) is 0 Å². The lowest BCUT2D eigenvalue weighted by atomic mass is 9.96. The van der Waals surface area contributed by atoms with Crippen LogP contribution in [0.3, 0.4) is 0 Å². The number of aromatic nitrogens is 1. The minimum atomic E-state index is 1.09. The summed E-state index contributed by atoms with van der Waals surface area (Å²) in [6, 6.07) is 88.3. The maximum absolute atomic E-state index is 2.41. The summed E-state index contributed by atoms with van der Waals surface area (Å²) in [6.07, 6.45) is 0. The smallest absolute Gasteiger partial charge is 0.0547 e. The van der Waals surface area contributed by atoms with E-state index >= 15 is 0 Å². The maximum atomic E-state index is 2.41. The van der Waals surface area contributed by atoms with Crippen LogP contribution in [0.25, 0.3) is 92.2 Å². The van der Waals surface area contributed by atoms with Crippen molar-refractivity contribution in [3.8, 4) is 50.2 Å². The van der Waals surface area contributed by atoms with Crippen molar-refractivity contribution < 1.29 is 0 Å². The number of nitrogens with zero attached hydrogens (tertiary/aromatic N) is 2. The van der Waals surface area contributed by atoms with Gasteiger partial charge in [0.05, 0.1) is 16.7 Å². The third kappa shape index (κ3) is 6.50. The van der Waals surface area contributed by atoms with Crippen molar-refractivity contribution in [2.75, 3.05) is 4.90 Å². The van der Waals surface area contributed by atoms with Crippen LogP contribution in [-0.4, -0.2) is 4.57 Å². The molecule has 0 atom stereocenters. The molecule has 0 unspecified atom stereocenters. The van der Waals surface area contributed by atoms with Crippen LogP contribution < -0.4 is 4.90 Å². The summed E-state index contributed by atoms with van der Waals surface area (Å²) in [7, 11) is 0. The van der Waals surface area contributed by atoms with Gasteiger partial charge in [-0.25, -0.2) is 0 Å². The Kier molecular flexibility index (Phi) is 9.06. The van der Waals surface area contributed by atoms with Gasteiger partial charge in [0.25, 0.3) is 0 Å². The zero-order chi connectivity index (χ0) is 41.7. The quantitative estimate of drug-likeness (QED) is 0.148. The Balaban J connectivity index is 0.973. The van der Waals surface area contributed by atoms with Crippen LogP contribution in [0.15, 0.2) is 243 Å². The summed E-state index contributed by atoms with van der Waals surface area (Å²) in [5.41, 5.74) is 16.4. The Morgan fingerprint density at radius 2 is 0.841 bits per heavy atom. The van der Waals surface area contributed by atoms with E-state index in [4.69, 9.17) is 0 Å². The molecule has 0 radical (unpaired) electrons. The van der Waals surface area contributed by atoms with Crippen LogP contribution in [0.4, 0.5) is 17.1 Å². The molecule has 0 saturated carbocycles. The maximum Gasteiger partial charge on any atom is 0.0547 e. The Hall–Kier alpha value is -7.98. The lowest BCUT2D eigenvalue weighted by Gasteiger charge is -2.28. The second-order valence-electron chi connectivity index (χ2n) is 16.1. The van der Waals surface area contributed by atoms with Gasteiger partial charge >= 0.3 is 0 Å². The number of hydrogen-bond donors (Lipinski definition) is 0. The molecule has 2 nitrogen and oxygen atoms in total. The molecule has 2 aromatic heterocycles. The van der Waals surface area contributed by atoms with Crippen LogP contribution in [0.5, 0.6) is 0 Å². The fourth-order valence-electron chi connectivity index (χ4n) is 9.41. The average molecular weight is 821 g/mol. The largest absolute Gasteiger partial charge is 0.310 e. The van der Waals surface area contributed by atoms with Gasteiger partial charge < -0.3 is 9.47 Å². The number of thiophene rings is 1. The van der Waals surface area contributed by atoms with Crippen molar-refractivity contribution in [1.29, 1.82) is 0 Å². The molecule has 12 aromatic rings. The molecule has 296 valence electrons. The first-order valence-corrected chi connectivity index (χ1v) is 22.3. The number of fused-ring (bicyclic) bond motifs is 6. The monoisotopic (exact) mass is 820 g/mol. The van der Waals surface area contributed by atoms with E-state index < -0.39 is 0 Å². The molecule has 63 heavy (non-hydrogen) atoms. The third-order valence-electron chi connectivity index (χ3n) is 12.4. The van der Waals surface area contributed by atoms with Crippen LogP contribution >= 0.6 is 11.3 Å². The van der Waals surface area contributed by atoms with E-state index in [-0.39, 0.29) is 0 Å². The Labute approximate surface area is 370 Å². The predicted molar refractivity (Wildman–Crippen MR) is 270 cm³/mol. The molecule has 0 aliphatic heterocycles. The minimum Gasteiger partial charge on any atom is -0.310 e. The van der Waals surface area contributed by atoms with E-state index in [1.807, 2.05) is 11.3 Å². The lowest BCUT2D eigenvalue weighted by molar-refractivity contribution is 1.18. The van der Waals surface area contributed by atoms with Gasteiger partial charge in [0.1, 0.15) is 0 Å². The van der Waals surface area contributed by atoms with Crippen LogP contribution in [0.1, 0.15) is 0 Å². The molecule has 2 heterocycles. The van der Waals surface area contributed by atoms with Crippen molar-refractivity contribution in [2.24, 2.45) is 0 Å². The van der Waals surface area contributed by atoms with Crippen molar-refractivity contribution in [3.63, 3.8) is 0 Å². The number of para-hydroxylation sites is 3. The van der Waals surface area contributed by atoms with Crippen molar-refractivity contribution in [1.82, 2.24) is 4.57 Å². The summed E-state index contributed by atoms with van der Waals surface area (Å²) < 4.78 is 5.03. The van der Waals surface area contributed by atoms with E-state index in [0.29, 0.717) is 0 Å². The van der Waals surface area contributed by atoms with Gasteiger partial charge in [-0.1, -0.05) is 176 Å². The van der Waals surface area contributed by atoms with E-state index in [9.17, 15) is 0 Å². The fraction of sp³-hybridized carbons (Fsp3) is 0. The first-order chi connectivity index (χ1) is 31.2. The van der Waals surface area contributed by atoms with Gasteiger partial charge in [0.15, 0.2) is 0 Å². The third-order valence-corrected chi connectivity index (χ3v) is 13.6. The summed E-state index contributed by atoms with van der Waals surface area (Å²) in [5, 5.41) is 5.14. The number of anilines is 3. The van der Waals surface area contributed by atoms with Crippen molar-refractivity contribution in [2.45, 2.75) is 0 Å². The molecule has 0 aliphatic rings. The normalized spacial score (nSPS) is 11.5. The lowest BCUT2D eigenvalue weighted by Crippen LogP contribution is -2.11. The molecule has 0 saturated heterocycles. The number of rotatable bonds is 8. The summed E-state index contributed by atoms with van der Waals surface area (Å²) in [5.74, 6) is 0. The van der Waals surface area contributed by atoms with E-state index in [2.05, 4.69) is 252 Å². The summed E-state index contributed by atoms with van der Waals surface area (Å²) in [6.45, 7) is 0. The van der Waals surface area contributed by atoms with E-state index in [1.165, 1.54) is 86.5 Å². The van der Waals surface area contributed by atoms with Crippen molar-refractivity contribution in [3.05, 3.63) is 243 Å². The Bertz CT molecular complexity index is 3600. The van der Waals surface area contributed by atoms with Gasteiger partial charge in [0, 0.05) is 53.6 Å². The topological polar surface area (TPSA) is 8.17 Å². The molecular weight excluding hydrogens is 781 g/mol. The first kappa shape index (κ1) is 36.8. The van der Waals surface area contributed by atoms with Crippen molar-refractivity contribution >= 4 is 70.4 Å². The number of hydrogen-bond acceptors (Lipinski definition) is 2. The fourth-order valence-corrected chi connectivity index (χ4v) is 10.6. The highest BCUT2D eigenvalue weighted by Crippen LogP contribution is 2.45. The average Bonchev–Trinajstić information content (AvgIpc) is 3.91. The van der Waals surface area contributed by atoms with Gasteiger partial charge in [-0.3, -0.25) is 0 Å². The second-order valence-corrected chi connectivity index (χ2v) is 17.1. The minimum absolute atomic E-state index is 1.09. The molecule has 0 spiro atoms. The van der Waals surface area contributed by atoms with Gasteiger partial charge in [0.2, 0.25) is 0 Å². The SMILES string of the molecule is c1ccc(-c2ccc(N(c3ccc(-c4ccc5c6ccccc6n(-c6ccccc6)c5c4)cc3)c3ccccc3-c3cccc(-c4cccc5c4sc4ccccc45)c3)cc2)cc1. The predicted octanol–water partition coefficient (Wildman–Crippen LogP) is 17.3. The highest BCUT2D eigenvalue weighted by Gasteiger charge is 2.19. The molecule has 12 rings (SSSR count). The summed E-state index contributed by atoms with van der Waals surface area (Å²) in [4.78, 5) is 2.41. The first-order valence-electron chi connectivity index (χ1n) is 21.5.